The molecule has 0 saturated carbocycles. The molecule has 2 aromatic rings. The first-order valence-electron chi connectivity index (χ1n) is 8.32. The minimum Gasteiger partial charge on any atom is -0.493 e. The van der Waals surface area contributed by atoms with Crippen LogP contribution in [0.1, 0.15) is 19.4 Å². The van der Waals surface area contributed by atoms with E-state index in [0.29, 0.717) is 22.9 Å². The van der Waals surface area contributed by atoms with E-state index in [1.54, 1.807) is 33.5 Å². The minimum absolute atomic E-state index is 0.107. The number of rotatable bonds is 8. The van der Waals surface area contributed by atoms with E-state index in [-0.39, 0.29) is 18.4 Å². The normalized spacial score (nSPS) is 10.4. The van der Waals surface area contributed by atoms with Gasteiger partial charge in [-0.05, 0) is 55.8 Å². The lowest BCUT2D eigenvalue weighted by Gasteiger charge is -2.14. The third-order valence-corrected chi connectivity index (χ3v) is 3.60. The number of nitrogens with one attached hydrogen (secondary N) is 1. The standard InChI is InChI=1S/C20H25NO5/c1-13(2)26-16-8-6-15(7-9-16)21-19(22)12-14-10-17(23-3)20(25-5)18(11-14)24-4/h6-11,13H,12H2,1-5H3,(H,21,22). The Hall–Kier alpha value is -2.89. The molecule has 0 heterocycles. The predicted molar refractivity (Wildman–Crippen MR) is 101 cm³/mol. The van der Waals surface area contributed by atoms with Gasteiger partial charge in [0.05, 0.1) is 33.9 Å². The van der Waals surface area contributed by atoms with Crippen molar-refractivity contribution in [3.63, 3.8) is 0 Å². The Morgan fingerprint density at radius 2 is 1.54 bits per heavy atom. The van der Waals surface area contributed by atoms with Gasteiger partial charge in [0.25, 0.3) is 0 Å². The highest BCUT2D eigenvalue weighted by atomic mass is 16.5. The van der Waals surface area contributed by atoms with Gasteiger partial charge in [0.15, 0.2) is 11.5 Å². The van der Waals surface area contributed by atoms with Crippen molar-refractivity contribution >= 4 is 11.6 Å². The van der Waals surface area contributed by atoms with Crippen LogP contribution < -0.4 is 24.3 Å². The molecule has 0 saturated heterocycles. The fraction of sp³-hybridized carbons (Fsp3) is 0.350. The molecule has 0 radical (unpaired) electrons. The molecule has 0 fully saturated rings. The Kier molecular flexibility index (Phi) is 6.72. The summed E-state index contributed by atoms with van der Waals surface area (Å²) in [5.74, 6) is 2.16. The highest BCUT2D eigenvalue weighted by Crippen LogP contribution is 2.38. The molecule has 2 aromatic carbocycles. The van der Waals surface area contributed by atoms with E-state index >= 15 is 0 Å². The van der Waals surface area contributed by atoms with Crippen LogP contribution in [0.4, 0.5) is 5.69 Å². The van der Waals surface area contributed by atoms with Gasteiger partial charge in [-0.3, -0.25) is 4.79 Å². The summed E-state index contributed by atoms with van der Waals surface area (Å²) >= 11 is 0. The molecule has 26 heavy (non-hydrogen) atoms. The molecule has 1 amide bonds. The third-order valence-electron chi connectivity index (χ3n) is 3.60. The summed E-state index contributed by atoms with van der Waals surface area (Å²) in [5.41, 5.74) is 1.47. The van der Waals surface area contributed by atoms with Crippen molar-refractivity contribution in [1.82, 2.24) is 0 Å². The van der Waals surface area contributed by atoms with E-state index in [9.17, 15) is 4.79 Å². The first-order chi connectivity index (χ1) is 12.5. The molecule has 0 aliphatic rings. The van der Waals surface area contributed by atoms with Crippen molar-refractivity contribution in [3.05, 3.63) is 42.0 Å². The molecule has 6 heteroatoms. The lowest BCUT2D eigenvalue weighted by molar-refractivity contribution is -0.115. The summed E-state index contributed by atoms with van der Waals surface area (Å²) in [5, 5.41) is 2.87. The second kappa shape index (κ2) is 8.99. The summed E-state index contributed by atoms with van der Waals surface area (Å²) in [6.45, 7) is 3.93. The number of methoxy groups -OCH3 is 3. The van der Waals surface area contributed by atoms with Crippen molar-refractivity contribution in [2.75, 3.05) is 26.6 Å². The van der Waals surface area contributed by atoms with Crippen molar-refractivity contribution in [1.29, 1.82) is 0 Å². The Bertz CT molecular complexity index is 715. The van der Waals surface area contributed by atoms with Gasteiger partial charge >= 0.3 is 0 Å². The van der Waals surface area contributed by atoms with Crippen LogP contribution in [0.2, 0.25) is 0 Å². The van der Waals surface area contributed by atoms with Crippen LogP contribution in [0, 0.1) is 0 Å². The Labute approximate surface area is 154 Å². The lowest BCUT2D eigenvalue weighted by Crippen LogP contribution is -2.14. The highest BCUT2D eigenvalue weighted by molar-refractivity contribution is 5.92. The molecular weight excluding hydrogens is 334 g/mol. The van der Waals surface area contributed by atoms with Crippen LogP contribution >= 0.6 is 0 Å². The lowest BCUT2D eigenvalue weighted by atomic mass is 10.1. The maximum Gasteiger partial charge on any atom is 0.228 e. The van der Waals surface area contributed by atoms with Crippen LogP contribution in [0.15, 0.2) is 36.4 Å². The van der Waals surface area contributed by atoms with Crippen LogP contribution in [-0.2, 0) is 11.2 Å². The molecule has 0 spiro atoms. The monoisotopic (exact) mass is 359 g/mol. The van der Waals surface area contributed by atoms with Crippen LogP contribution in [0.5, 0.6) is 23.0 Å². The summed E-state index contributed by atoms with van der Waals surface area (Å²) in [6, 6.07) is 10.8. The Morgan fingerprint density at radius 3 is 2.00 bits per heavy atom. The zero-order valence-electron chi connectivity index (χ0n) is 15.8. The molecule has 0 aromatic heterocycles. The maximum atomic E-state index is 12.3. The van der Waals surface area contributed by atoms with Crippen LogP contribution in [0.3, 0.4) is 0 Å². The second-order valence-corrected chi connectivity index (χ2v) is 5.95. The number of amides is 1. The minimum atomic E-state index is -0.142. The average Bonchev–Trinajstić information content (AvgIpc) is 2.61. The SMILES string of the molecule is COc1cc(CC(=O)Nc2ccc(OC(C)C)cc2)cc(OC)c1OC. The van der Waals surface area contributed by atoms with Crippen LogP contribution in [0.25, 0.3) is 0 Å². The molecule has 0 bridgehead atoms. The molecule has 0 atom stereocenters. The van der Waals surface area contributed by atoms with E-state index in [4.69, 9.17) is 18.9 Å². The van der Waals surface area contributed by atoms with Gasteiger partial charge in [-0.15, -0.1) is 0 Å². The van der Waals surface area contributed by atoms with Gasteiger partial charge in [0.1, 0.15) is 5.75 Å². The van der Waals surface area contributed by atoms with Crippen molar-refractivity contribution in [2.45, 2.75) is 26.4 Å². The van der Waals surface area contributed by atoms with Gasteiger partial charge in [-0.2, -0.15) is 0 Å². The number of ether oxygens (including phenoxy) is 4. The molecule has 0 aliphatic carbocycles. The molecule has 140 valence electrons. The van der Waals surface area contributed by atoms with Gasteiger partial charge < -0.3 is 24.3 Å². The first kappa shape index (κ1) is 19.4. The Morgan fingerprint density at radius 1 is 0.962 bits per heavy atom. The van der Waals surface area contributed by atoms with Gasteiger partial charge in [0, 0.05) is 5.69 Å². The highest BCUT2D eigenvalue weighted by Gasteiger charge is 2.15. The zero-order chi connectivity index (χ0) is 19.1. The van der Waals surface area contributed by atoms with Gasteiger partial charge in [-0.25, -0.2) is 0 Å². The number of hydrogen-bond donors (Lipinski definition) is 1. The van der Waals surface area contributed by atoms with E-state index in [1.807, 2.05) is 38.1 Å². The van der Waals surface area contributed by atoms with Crippen molar-refractivity contribution < 1.29 is 23.7 Å². The smallest absolute Gasteiger partial charge is 0.228 e. The van der Waals surface area contributed by atoms with Gasteiger partial charge in [-0.1, -0.05) is 0 Å². The summed E-state index contributed by atoms with van der Waals surface area (Å²) < 4.78 is 21.5. The molecule has 6 nitrogen and oxygen atoms in total. The number of anilines is 1. The van der Waals surface area contributed by atoms with E-state index in [0.717, 1.165) is 11.3 Å². The average molecular weight is 359 g/mol. The van der Waals surface area contributed by atoms with E-state index in [1.165, 1.54) is 0 Å². The largest absolute Gasteiger partial charge is 0.493 e. The van der Waals surface area contributed by atoms with Crippen molar-refractivity contribution in [3.8, 4) is 23.0 Å². The number of benzene rings is 2. The van der Waals surface area contributed by atoms with E-state index in [2.05, 4.69) is 5.32 Å². The fourth-order valence-electron chi connectivity index (χ4n) is 2.52. The summed E-state index contributed by atoms with van der Waals surface area (Å²) in [4.78, 5) is 12.3. The summed E-state index contributed by atoms with van der Waals surface area (Å²) in [7, 11) is 4.63. The predicted octanol–water partition coefficient (Wildman–Crippen LogP) is 3.68. The number of carbonyl (C=O) groups is 1. The molecule has 2 rings (SSSR count). The van der Waals surface area contributed by atoms with Gasteiger partial charge in [0.2, 0.25) is 11.7 Å². The maximum absolute atomic E-state index is 12.3. The van der Waals surface area contributed by atoms with Crippen molar-refractivity contribution in [2.24, 2.45) is 0 Å². The molecule has 0 unspecified atom stereocenters. The third kappa shape index (κ3) is 5.05. The number of carbonyl (C=O) groups excluding carboxylic acids is 1. The van der Waals surface area contributed by atoms with Crippen LogP contribution in [-0.4, -0.2) is 33.3 Å². The molecule has 0 aliphatic heterocycles. The zero-order valence-corrected chi connectivity index (χ0v) is 15.8. The van der Waals surface area contributed by atoms with E-state index < -0.39 is 0 Å². The first-order valence-corrected chi connectivity index (χ1v) is 8.32. The number of hydrogen-bond acceptors (Lipinski definition) is 5. The second-order valence-electron chi connectivity index (χ2n) is 5.95. The quantitative estimate of drug-likeness (QED) is 0.779. The molecule has 1 N–H and O–H groups in total. The summed E-state index contributed by atoms with van der Waals surface area (Å²) in [6.07, 6.45) is 0.288. The Balaban J connectivity index is 2.07. The fourth-order valence-corrected chi connectivity index (χ4v) is 2.52. The topological polar surface area (TPSA) is 66.0 Å². The molecular formula is C20H25NO5.